The molecule has 166 valence electrons. The summed E-state index contributed by atoms with van der Waals surface area (Å²) in [7, 11) is 0. The number of piperidine rings is 1. The zero-order chi connectivity index (χ0) is 22.6. The number of benzene rings is 2. The predicted octanol–water partition coefficient (Wildman–Crippen LogP) is 5.16. The Labute approximate surface area is 194 Å². The summed E-state index contributed by atoms with van der Waals surface area (Å²) in [6, 6.07) is 18.5. The van der Waals surface area contributed by atoms with Gasteiger partial charge in [0.1, 0.15) is 0 Å². The second kappa shape index (κ2) is 9.49. The number of amides is 2. The van der Waals surface area contributed by atoms with Crippen LogP contribution in [-0.2, 0) is 22.4 Å². The third-order valence-electron chi connectivity index (χ3n) is 6.73. The van der Waals surface area contributed by atoms with E-state index in [1.165, 1.54) is 5.56 Å². The number of azo groups is 1. The van der Waals surface area contributed by atoms with E-state index in [2.05, 4.69) is 40.6 Å². The minimum absolute atomic E-state index is 0.186. The first-order chi connectivity index (χ1) is 16.2. The summed E-state index contributed by atoms with van der Waals surface area (Å²) in [6.07, 6.45) is 11.2. The van der Waals surface area contributed by atoms with E-state index in [1.54, 1.807) is 0 Å². The van der Waals surface area contributed by atoms with Crippen molar-refractivity contribution in [3.8, 4) is 0 Å². The SMILES string of the molecule is O=C1N=NC(c2ccc(CC(=O)N3CCC(Cc4ccccc4)CC3)cc2)=C2C=CC=CC12. The summed E-state index contributed by atoms with van der Waals surface area (Å²) in [5.74, 6) is 0.248. The number of carbonyl (C=O) groups excluding carboxylic acids is 2. The van der Waals surface area contributed by atoms with E-state index in [0.29, 0.717) is 12.3 Å². The van der Waals surface area contributed by atoms with Crippen LogP contribution in [0, 0.1) is 11.8 Å². The first-order valence-corrected chi connectivity index (χ1v) is 11.6. The van der Waals surface area contributed by atoms with E-state index >= 15 is 0 Å². The maximum Gasteiger partial charge on any atom is 0.276 e. The molecule has 1 aliphatic carbocycles. The van der Waals surface area contributed by atoms with Crippen LogP contribution in [0.15, 0.2) is 94.7 Å². The topological polar surface area (TPSA) is 62.1 Å². The first kappa shape index (κ1) is 21.3. The van der Waals surface area contributed by atoms with E-state index in [9.17, 15) is 9.59 Å². The van der Waals surface area contributed by atoms with Gasteiger partial charge in [0.15, 0.2) is 0 Å². The van der Waals surface area contributed by atoms with Crippen molar-refractivity contribution in [1.82, 2.24) is 4.90 Å². The molecule has 2 heterocycles. The lowest BCUT2D eigenvalue weighted by molar-refractivity contribution is -0.131. The largest absolute Gasteiger partial charge is 0.342 e. The van der Waals surface area contributed by atoms with Gasteiger partial charge in [-0.05, 0) is 41.9 Å². The third-order valence-corrected chi connectivity index (χ3v) is 6.73. The summed E-state index contributed by atoms with van der Waals surface area (Å²) in [5.41, 5.74) is 4.87. The molecule has 0 radical (unpaired) electrons. The van der Waals surface area contributed by atoms with Gasteiger partial charge in [-0.2, -0.15) is 0 Å². The molecule has 2 aromatic rings. The molecule has 3 aliphatic rings. The van der Waals surface area contributed by atoms with Crippen LogP contribution in [0.25, 0.3) is 5.70 Å². The van der Waals surface area contributed by atoms with Gasteiger partial charge in [0.25, 0.3) is 5.91 Å². The van der Waals surface area contributed by atoms with Crippen LogP contribution in [0.5, 0.6) is 0 Å². The second-order valence-corrected chi connectivity index (χ2v) is 8.95. The zero-order valence-electron chi connectivity index (χ0n) is 18.6. The van der Waals surface area contributed by atoms with Gasteiger partial charge in [0.05, 0.1) is 18.0 Å². The van der Waals surface area contributed by atoms with Gasteiger partial charge in [-0.1, -0.05) is 78.9 Å². The van der Waals surface area contributed by atoms with Crippen molar-refractivity contribution >= 4 is 17.5 Å². The fourth-order valence-corrected chi connectivity index (χ4v) is 4.83. The first-order valence-electron chi connectivity index (χ1n) is 11.6. The highest BCUT2D eigenvalue weighted by Gasteiger charge is 2.28. The molecule has 0 N–H and O–H groups in total. The van der Waals surface area contributed by atoms with Crippen molar-refractivity contribution in [2.45, 2.75) is 25.7 Å². The Kier molecular flexibility index (Phi) is 6.11. The van der Waals surface area contributed by atoms with E-state index in [0.717, 1.165) is 54.7 Å². The number of rotatable bonds is 5. The van der Waals surface area contributed by atoms with Crippen molar-refractivity contribution in [2.75, 3.05) is 13.1 Å². The van der Waals surface area contributed by atoms with E-state index in [1.807, 2.05) is 53.5 Å². The van der Waals surface area contributed by atoms with Gasteiger partial charge in [-0.15, -0.1) is 10.2 Å². The van der Waals surface area contributed by atoms with Crippen molar-refractivity contribution in [1.29, 1.82) is 0 Å². The van der Waals surface area contributed by atoms with Gasteiger partial charge in [-0.3, -0.25) is 9.59 Å². The van der Waals surface area contributed by atoms with Crippen molar-refractivity contribution in [3.05, 3.63) is 101 Å². The molecule has 1 atom stereocenters. The average Bonchev–Trinajstić information content (AvgIpc) is 2.86. The summed E-state index contributed by atoms with van der Waals surface area (Å²) >= 11 is 0. The monoisotopic (exact) mass is 437 g/mol. The fourth-order valence-electron chi connectivity index (χ4n) is 4.83. The highest BCUT2D eigenvalue weighted by atomic mass is 16.2. The molecule has 2 aliphatic heterocycles. The lowest BCUT2D eigenvalue weighted by atomic mass is 9.89. The maximum absolute atomic E-state index is 12.9. The number of carbonyl (C=O) groups is 2. The highest BCUT2D eigenvalue weighted by Crippen LogP contribution is 2.34. The molecule has 1 unspecified atom stereocenters. The Morgan fingerprint density at radius 1 is 0.909 bits per heavy atom. The number of likely N-dealkylation sites (tertiary alicyclic amines) is 1. The van der Waals surface area contributed by atoms with Crippen LogP contribution in [0.2, 0.25) is 0 Å². The van der Waals surface area contributed by atoms with Crippen molar-refractivity contribution < 1.29 is 9.59 Å². The van der Waals surface area contributed by atoms with Crippen LogP contribution in [0.3, 0.4) is 0 Å². The predicted molar refractivity (Wildman–Crippen MR) is 128 cm³/mol. The van der Waals surface area contributed by atoms with E-state index < -0.39 is 0 Å². The van der Waals surface area contributed by atoms with Crippen LogP contribution in [0.1, 0.15) is 29.5 Å². The molecule has 0 aromatic heterocycles. The third kappa shape index (κ3) is 4.77. The fraction of sp³-hybridized carbons (Fsp3) is 0.286. The summed E-state index contributed by atoms with van der Waals surface area (Å²) in [5, 5.41) is 7.98. The lowest BCUT2D eigenvalue weighted by Gasteiger charge is -2.32. The van der Waals surface area contributed by atoms with Crippen LogP contribution >= 0.6 is 0 Å². The minimum atomic E-state index is -0.353. The molecular formula is C28H27N3O2. The van der Waals surface area contributed by atoms with Crippen LogP contribution < -0.4 is 0 Å². The quantitative estimate of drug-likeness (QED) is 0.649. The molecular weight excluding hydrogens is 410 g/mol. The Balaban J connectivity index is 1.19. The summed E-state index contributed by atoms with van der Waals surface area (Å²) in [4.78, 5) is 26.9. The Morgan fingerprint density at radius 2 is 1.67 bits per heavy atom. The van der Waals surface area contributed by atoms with Gasteiger partial charge < -0.3 is 4.90 Å². The Morgan fingerprint density at radius 3 is 2.42 bits per heavy atom. The Bertz CT molecular complexity index is 1150. The van der Waals surface area contributed by atoms with Crippen molar-refractivity contribution in [2.24, 2.45) is 22.1 Å². The molecule has 0 saturated carbocycles. The molecule has 0 bridgehead atoms. The summed E-state index contributed by atoms with van der Waals surface area (Å²) in [6.45, 7) is 1.67. The number of hydrogen-bond acceptors (Lipinski definition) is 3. The van der Waals surface area contributed by atoms with Crippen molar-refractivity contribution in [3.63, 3.8) is 0 Å². The number of allylic oxidation sites excluding steroid dienone is 3. The molecule has 2 amide bonds. The highest BCUT2D eigenvalue weighted by molar-refractivity contribution is 5.91. The van der Waals surface area contributed by atoms with E-state index in [-0.39, 0.29) is 17.7 Å². The molecule has 1 fully saturated rings. The van der Waals surface area contributed by atoms with Crippen LogP contribution in [-0.4, -0.2) is 29.8 Å². The maximum atomic E-state index is 12.9. The van der Waals surface area contributed by atoms with E-state index in [4.69, 9.17) is 0 Å². The molecule has 5 heteroatoms. The molecule has 1 saturated heterocycles. The standard InChI is InChI=1S/C28H27N3O2/c32-26(31-16-14-22(15-17-31)18-20-6-2-1-3-7-20)19-21-10-12-23(13-11-21)27-24-8-4-5-9-25(24)28(33)30-29-27/h1-13,22,25H,14-19H2. The van der Waals surface area contributed by atoms with Gasteiger partial charge in [0, 0.05) is 18.7 Å². The minimum Gasteiger partial charge on any atom is -0.342 e. The van der Waals surface area contributed by atoms with Gasteiger partial charge >= 0.3 is 0 Å². The van der Waals surface area contributed by atoms with Gasteiger partial charge in [0.2, 0.25) is 5.91 Å². The molecule has 5 rings (SSSR count). The molecule has 5 nitrogen and oxygen atoms in total. The molecule has 2 aromatic carbocycles. The summed E-state index contributed by atoms with van der Waals surface area (Å²) < 4.78 is 0. The number of nitrogens with zero attached hydrogens (tertiary/aromatic N) is 3. The Hall–Kier alpha value is -3.60. The molecule has 0 spiro atoms. The second-order valence-electron chi connectivity index (χ2n) is 8.95. The normalized spacial score (nSPS) is 20.3. The average molecular weight is 438 g/mol. The zero-order valence-corrected chi connectivity index (χ0v) is 18.6. The molecule has 33 heavy (non-hydrogen) atoms. The van der Waals surface area contributed by atoms with Gasteiger partial charge in [-0.25, -0.2) is 0 Å². The number of fused-ring (bicyclic) bond motifs is 1. The van der Waals surface area contributed by atoms with Crippen LogP contribution in [0.4, 0.5) is 0 Å². The lowest BCUT2D eigenvalue weighted by Crippen LogP contribution is -2.39. The number of hydrogen-bond donors (Lipinski definition) is 0. The smallest absolute Gasteiger partial charge is 0.276 e.